The molecule has 8 atom stereocenters. The first-order valence-corrected chi connectivity index (χ1v) is 52.0. The number of ether oxygens (including phenoxy) is 6. The van der Waals surface area contributed by atoms with E-state index in [-0.39, 0.29) is 146 Å². The Kier molecular flexibility index (Phi) is 49.0. The molecule has 0 saturated heterocycles. The molecule has 31 nitrogen and oxygen atoms in total. The number of alkyl carbamates (subject to hydrolysis) is 2. The number of amides is 6. The minimum atomic E-state index is -1.28. The van der Waals surface area contributed by atoms with Crippen LogP contribution >= 0.6 is 0 Å². The first-order chi connectivity index (χ1) is 71.3. The van der Waals surface area contributed by atoms with Crippen LogP contribution in [0.3, 0.4) is 0 Å². The molecular formula is C118H151N11O20. The minimum absolute atomic E-state index is 0.0201. The van der Waals surface area contributed by atoms with Gasteiger partial charge in [0.25, 0.3) is 6.47 Å². The van der Waals surface area contributed by atoms with Crippen LogP contribution in [-0.2, 0) is 78.3 Å². The number of carbonyl (C=O) groups is 13. The Hall–Kier alpha value is -14.3. The van der Waals surface area contributed by atoms with Crippen LogP contribution in [0.5, 0.6) is 23.0 Å². The molecule has 8 aromatic rings. The second-order valence-corrected chi connectivity index (χ2v) is 39.9. The third-order valence-corrected chi connectivity index (χ3v) is 25.6. The van der Waals surface area contributed by atoms with Crippen molar-refractivity contribution in [3.05, 3.63) is 214 Å². The number of likely N-dealkylation sites (N-methyl/N-ethyl adjacent to an activating group) is 2. The minimum Gasteiger partial charge on any atom is -0.493 e. The van der Waals surface area contributed by atoms with Crippen molar-refractivity contribution in [1.82, 2.24) is 31.1 Å². The number of nitrogens with one attached hydrogen (secondary N) is 4. The van der Waals surface area contributed by atoms with Crippen molar-refractivity contribution in [2.45, 2.75) is 259 Å². The highest BCUT2D eigenvalue weighted by Gasteiger charge is 2.40. The van der Waals surface area contributed by atoms with E-state index in [1.807, 2.05) is 55.5 Å². The van der Waals surface area contributed by atoms with E-state index in [2.05, 4.69) is 83.6 Å². The number of carbonyl (C=O) groups excluding carboxylic acids is 12. The zero-order chi connectivity index (χ0) is 109. The van der Waals surface area contributed by atoms with Crippen LogP contribution in [0.25, 0.3) is 44.5 Å². The topological polar surface area (TPSA) is 478 Å². The number of benzene rings is 8. The summed E-state index contributed by atoms with van der Waals surface area (Å²) in [7, 11) is 3.08. The van der Waals surface area contributed by atoms with E-state index >= 15 is 9.59 Å². The predicted octanol–water partition coefficient (Wildman–Crippen LogP) is 18.4. The second-order valence-electron chi connectivity index (χ2n) is 39.9. The molecule has 2 aliphatic heterocycles. The first-order valence-electron chi connectivity index (χ1n) is 52.0. The van der Waals surface area contributed by atoms with Gasteiger partial charge in [0.15, 0.2) is 34.7 Å². The number of unbranched alkanes of at least 4 members (excludes halogenated alkanes) is 4. The van der Waals surface area contributed by atoms with Gasteiger partial charge in [-0.25, -0.2) is 9.59 Å². The Morgan fingerprint density at radius 2 is 0.799 bits per heavy atom. The maximum absolute atomic E-state index is 15.3. The molecule has 11 N–H and O–H groups in total. The molecule has 0 radical (unpaired) electrons. The molecule has 798 valence electrons. The number of ketones is 6. The number of nitrogens with zero attached hydrogens (tertiary/aromatic N) is 4. The van der Waals surface area contributed by atoms with Crippen molar-refractivity contribution in [3.63, 3.8) is 0 Å². The molecule has 0 unspecified atom stereocenters. The lowest BCUT2D eigenvalue weighted by Gasteiger charge is -2.32. The summed E-state index contributed by atoms with van der Waals surface area (Å²) < 4.78 is 35.8. The normalized spacial score (nSPS) is 16.0. The van der Waals surface area contributed by atoms with Crippen molar-refractivity contribution < 1.29 is 95.9 Å². The van der Waals surface area contributed by atoms with Crippen LogP contribution in [0.15, 0.2) is 170 Å². The van der Waals surface area contributed by atoms with Crippen LogP contribution < -0.4 is 57.4 Å². The SMILES string of the molecule is CCCCc1ccc(-c2ccc(C(=O)C[C@@H](CCCCN)C(=O)N(C)[C@@H]3C(=O)C[C@@H](C)C(=O)N[C@H](C(=O)CCC#N)Cc4ccc(OCCN)c(c4)-c4cc3ccc4OCCN)cc2)cc1.CCCCc1ccc(-c2ccc(C(=O)C[C@@H](CCCCNC(=O)OC(C)(C)C)C(=O)N(C)[C@@H]3C(=O)C[C@@H](C)C(=O)N[C@H](C(=O)CCC#N)Cc4ccc(OCCNC(=O)OC(C)(C)C)c(c4)-c4cc3ccc4OCCC)cc2)cc1.O=CO. The molecule has 8 aromatic carbocycles. The van der Waals surface area contributed by atoms with E-state index < -0.39 is 106 Å². The van der Waals surface area contributed by atoms with Crippen LogP contribution in [0.4, 0.5) is 9.59 Å². The molecule has 8 bridgehead atoms. The van der Waals surface area contributed by atoms with Crippen LogP contribution in [0.1, 0.15) is 264 Å². The largest absolute Gasteiger partial charge is 0.493 e. The lowest BCUT2D eigenvalue weighted by molar-refractivity contribution is -0.142. The zero-order valence-corrected chi connectivity index (χ0v) is 88.7. The molecule has 0 saturated carbocycles. The van der Waals surface area contributed by atoms with E-state index in [1.165, 1.54) is 28.0 Å². The van der Waals surface area contributed by atoms with Crippen molar-refractivity contribution >= 4 is 77.0 Å². The van der Waals surface area contributed by atoms with E-state index in [9.17, 15) is 58.5 Å². The quantitative estimate of drug-likeness (QED) is 0.00998. The maximum atomic E-state index is 15.3. The Morgan fingerprint density at radius 3 is 1.15 bits per heavy atom. The molecule has 0 fully saturated rings. The summed E-state index contributed by atoms with van der Waals surface area (Å²) in [4.78, 5) is 180. The number of Topliss-reactive ketones (excluding diaryl/α,β-unsaturated/α-hetero) is 6. The van der Waals surface area contributed by atoms with Gasteiger partial charge in [0, 0.05) is 142 Å². The fourth-order valence-electron chi connectivity index (χ4n) is 17.8. The highest BCUT2D eigenvalue weighted by Crippen LogP contribution is 2.45. The highest BCUT2D eigenvalue weighted by molar-refractivity contribution is 6.02. The predicted molar refractivity (Wildman–Crippen MR) is 573 cm³/mol. The van der Waals surface area contributed by atoms with Gasteiger partial charge >= 0.3 is 12.2 Å². The number of rotatable bonds is 46. The number of nitrogens with two attached hydrogens (primary N) is 3. The summed E-state index contributed by atoms with van der Waals surface area (Å²) in [5.74, 6) is -5.83. The monoisotopic (exact) mass is 2040 g/mol. The van der Waals surface area contributed by atoms with Gasteiger partial charge in [-0.3, -0.25) is 52.7 Å². The molecule has 0 aliphatic carbocycles. The van der Waals surface area contributed by atoms with Gasteiger partial charge in [-0.1, -0.05) is 182 Å². The number of hydrogen-bond acceptors (Lipinski definition) is 24. The lowest BCUT2D eigenvalue weighted by Crippen LogP contribution is -2.45. The van der Waals surface area contributed by atoms with E-state index in [4.69, 9.17) is 55.5 Å². The average molecular weight is 2040 g/mol. The average Bonchev–Trinajstić information content (AvgIpc) is 0.778. The molecule has 10 rings (SSSR count). The molecule has 149 heavy (non-hydrogen) atoms. The smallest absolute Gasteiger partial charge is 0.407 e. The standard InChI is InChI=1S/C64H83N5O11.C53H66N6O7.CH2O2/c1-11-13-17-43-20-23-45(24-21-43)46-25-27-47(28-26-46)54(71)41-49(18-14-15-33-66-61(75)79-63(4,5)6)60(74)69(10)58-48-29-31-57(77-35-12-2)51(40-48)50-38-44(22-30-56(50)78-36-34-67-62(76)80-64(7,8)9)39-52(53(70)19-16-32-65)68-59(73)42(3)37-55(58)72;1-4-5-9-36-12-15-38(16-13-36)39-17-19-40(20-18-39)47(61)34-42(10-6-7-24-54)53(64)59(3)51-41-21-23-50(66-29-27-57)44(33-41)43-31-37(14-22-49(43)65-28-26-56)32-45(46(60)11-8-25-55)58-52(63)35(2)30-48(51)62;2-1-3/h20-31,38,40,42,49,52,58H,11-19,33-37,39,41H2,1-10H3,(H,66,75)(H,67,76)(H,68,73);12-23,31,33,35,42,45,51H,4-11,24,26-30,32,34,54,56-57H2,1-3H3,(H,58,63);1H,(H,2,3)/t42-,49-,52+,58+;35-,42-,45+,51+;/m11./s1. The fourth-order valence-corrected chi connectivity index (χ4v) is 17.8. The van der Waals surface area contributed by atoms with Gasteiger partial charge in [0.2, 0.25) is 23.6 Å². The molecule has 6 amide bonds. The Bertz CT molecular complexity index is 5900. The summed E-state index contributed by atoms with van der Waals surface area (Å²) >= 11 is 0. The molecular weight excluding hydrogens is 1890 g/mol. The zero-order valence-electron chi connectivity index (χ0n) is 88.7. The summed E-state index contributed by atoms with van der Waals surface area (Å²) in [5.41, 5.74) is 27.9. The Balaban J connectivity index is 0.000000360. The van der Waals surface area contributed by atoms with Crippen LogP contribution in [-0.4, -0.2) is 188 Å². The number of hydrogen-bond donors (Lipinski definition) is 8. The van der Waals surface area contributed by atoms with Gasteiger partial charge in [0.05, 0.1) is 37.4 Å². The molecule has 2 aliphatic rings. The van der Waals surface area contributed by atoms with Gasteiger partial charge in [0.1, 0.15) is 66.1 Å². The van der Waals surface area contributed by atoms with Crippen molar-refractivity contribution in [2.75, 3.05) is 73.2 Å². The fraction of sp³-hybridized carbons (Fsp3) is 0.466. The maximum Gasteiger partial charge on any atom is 0.407 e. The molecule has 2 heterocycles. The van der Waals surface area contributed by atoms with E-state index in [0.717, 1.165) is 60.8 Å². The first kappa shape index (κ1) is 120. The van der Waals surface area contributed by atoms with Crippen molar-refractivity contribution in [3.8, 4) is 79.6 Å². The third-order valence-electron chi connectivity index (χ3n) is 25.6. The van der Waals surface area contributed by atoms with Crippen LogP contribution in [0.2, 0.25) is 0 Å². The Morgan fingerprint density at radius 1 is 0.450 bits per heavy atom. The third kappa shape index (κ3) is 37.8. The summed E-state index contributed by atoms with van der Waals surface area (Å²) in [6.07, 6.45) is 7.77. The van der Waals surface area contributed by atoms with Gasteiger partial charge in [-0.15, -0.1) is 0 Å². The number of carboxylic acid groups (broad SMARTS) is 1. The van der Waals surface area contributed by atoms with E-state index in [0.29, 0.717) is 130 Å². The van der Waals surface area contributed by atoms with Gasteiger partial charge < -0.3 is 81.8 Å². The summed E-state index contributed by atoms with van der Waals surface area (Å²) in [5, 5.41) is 36.7. The number of nitriles is 2. The molecule has 31 heteroatoms. The second kappa shape index (κ2) is 60.9. The van der Waals surface area contributed by atoms with Gasteiger partial charge in [-0.2, -0.15) is 10.5 Å². The lowest BCUT2D eigenvalue weighted by atomic mass is 9.87. The molecule has 0 spiro atoms. The number of fused-ring (bicyclic) bond motifs is 10. The Labute approximate surface area is 876 Å². The highest BCUT2D eigenvalue weighted by atomic mass is 16.6. The number of aryl methyl sites for hydroxylation is 2. The molecule has 0 aromatic heterocycles. The van der Waals surface area contributed by atoms with Crippen molar-refractivity contribution in [1.29, 1.82) is 10.5 Å². The van der Waals surface area contributed by atoms with Gasteiger partial charge in [-0.05, 0) is 223 Å². The van der Waals surface area contributed by atoms with Crippen molar-refractivity contribution in [2.24, 2.45) is 40.9 Å². The summed E-state index contributed by atoms with van der Waals surface area (Å²) in [6.45, 7) is 21.8. The van der Waals surface area contributed by atoms with Crippen LogP contribution in [0, 0.1) is 46.3 Å². The van der Waals surface area contributed by atoms with E-state index in [1.54, 1.807) is 147 Å². The summed E-state index contributed by atoms with van der Waals surface area (Å²) in [6, 6.07) is 52.3.